The molecule has 0 unspecified atom stereocenters. The molecule has 0 spiro atoms. The van der Waals surface area contributed by atoms with Gasteiger partial charge in [0.15, 0.2) is 11.5 Å². The molecule has 0 atom stereocenters. The molecule has 0 saturated carbocycles. The van der Waals surface area contributed by atoms with Gasteiger partial charge in [-0.2, -0.15) is 5.26 Å². The van der Waals surface area contributed by atoms with Crippen molar-refractivity contribution in [3.8, 4) is 17.6 Å². The van der Waals surface area contributed by atoms with E-state index < -0.39 is 5.91 Å². The Kier molecular flexibility index (Phi) is 8.75. The summed E-state index contributed by atoms with van der Waals surface area (Å²) in [6.45, 7) is 6.52. The standard InChI is InChI=1S/C27H24BrClN2O3/c1-4-33-25-14-20(13-22(28)26(25)34-16-19-10-8-17(2)9-11-19)12-21(15-30)27(32)31-24-7-5-6-23(29)18(24)3/h5-14H,4,16H2,1-3H3,(H,31,32)/b21-12+. The number of ether oxygens (including phenoxy) is 2. The van der Waals surface area contributed by atoms with Gasteiger partial charge < -0.3 is 14.8 Å². The van der Waals surface area contributed by atoms with Crippen molar-refractivity contribution in [3.05, 3.63) is 91.9 Å². The lowest BCUT2D eigenvalue weighted by Gasteiger charge is -2.15. The molecule has 5 nitrogen and oxygen atoms in total. The van der Waals surface area contributed by atoms with Crippen molar-refractivity contribution >= 4 is 45.2 Å². The third kappa shape index (κ3) is 6.40. The first-order valence-electron chi connectivity index (χ1n) is 10.6. The second-order valence-electron chi connectivity index (χ2n) is 7.57. The van der Waals surface area contributed by atoms with E-state index in [-0.39, 0.29) is 5.57 Å². The first kappa shape index (κ1) is 25.4. The number of hydrogen-bond acceptors (Lipinski definition) is 4. The van der Waals surface area contributed by atoms with Gasteiger partial charge in [0.1, 0.15) is 18.2 Å². The Hall–Kier alpha value is -3.27. The van der Waals surface area contributed by atoms with Crippen LogP contribution in [0.1, 0.15) is 29.2 Å². The van der Waals surface area contributed by atoms with Crippen LogP contribution in [0.15, 0.2) is 64.6 Å². The minimum absolute atomic E-state index is 0.0537. The molecule has 0 radical (unpaired) electrons. The molecular formula is C27H24BrClN2O3. The van der Waals surface area contributed by atoms with E-state index in [1.54, 1.807) is 37.3 Å². The lowest BCUT2D eigenvalue weighted by Crippen LogP contribution is -2.14. The summed E-state index contributed by atoms with van der Waals surface area (Å²) in [5, 5.41) is 12.9. The van der Waals surface area contributed by atoms with Crippen LogP contribution in [0.4, 0.5) is 5.69 Å². The number of carbonyl (C=O) groups excluding carboxylic acids is 1. The van der Waals surface area contributed by atoms with Gasteiger partial charge in [-0.25, -0.2) is 0 Å². The Morgan fingerprint density at radius 3 is 2.56 bits per heavy atom. The molecule has 0 heterocycles. The fourth-order valence-electron chi connectivity index (χ4n) is 3.16. The van der Waals surface area contributed by atoms with Crippen LogP contribution >= 0.6 is 27.5 Å². The second kappa shape index (κ2) is 11.7. The summed E-state index contributed by atoms with van der Waals surface area (Å²) in [6.07, 6.45) is 1.51. The van der Waals surface area contributed by atoms with Crippen LogP contribution in [0.25, 0.3) is 6.08 Å². The maximum absolute atomic E-state index is 12.7. The zero-order valence-electron chi connectivity index (χ0n) is 19.1. The molecule has 0 aliphatic carbocycles. The maximum Gasteiger partial charge on any atom is 0.266 e. The average molecular weight is 540 g/mol. The number of halogens is 2. The first-order valence-corrected chi connectivity index (χ1v) is 11.8. The van der Waals surface area contributed by atoms with Crippen molar-refractivity contribution in [1.29, 1.82) is 5.26 Å². The maximum atomic E-state index is 12.7. The zero-order chi connectivity index (χ0) is 24.7. The van der Waals surface area contributed by atoms with E-state index in [1.807, 2.05) is 44.2 Å². The predicted molar refractivity (Wildman–Crippen MR) is 139 cm³/mol. The van der Waals surface area contributed by atoms with Gasteiger partial charge in [0.05, 0.1) is 11.1 Å². The molecule has 0 fully saturated rings. The highest BCUT2D eigenvalue weighted by Crippen LogP contribution is 2.38. The van der Waals surface area contributed by atoms with Crippen LogP contribution in [0.2, 0.25) is 5.02 Å². The number of aryl methyl sites for hydroxylation is 1. The lowest BCUT2D eigenvalue weighted by atomic mass is 10.1. The van der Waals surface area contributed by atoms with E-state index in [9.17, 15) is 10.1 Å². The Morgan fingerprint density at radius 1 is 1.15 bits per heavy atom. The highest BCUT2D eigenvalue weighted by molar-refractivity contribution is 9.10. The molecule has 174 valence electrons. The Labute approximate surface area is 213 Å². The number of carbonyl (C=O) groups is 1. The van der Waals surface area contributed by atoms with E-state index in [0.717, 1.165) is 11.1 Å². The van der Waals surface area contributed by atoms with E-state index in [4.69, 9.17) is 21.1 Å². The molecule has 0 saturated heterocycles. The number of amides is 1. The number of nitriles is 1. The Morgan fingerprint density at radius 2 is 1.88 bits per heavy atom. The van der Waals surface area contributed by atoms with Gasteiger partial charge in [0.2, 0.25) is 0 Å². The molecule has 1 N–H and O–H groups in total. The minimum Gasteiger partial charge on any atom is -0.490 e. The molecule has 0 aliphatic rings. The van der Waals surface area contributed by atoms with Gasteiger partial charge in [0.25, 0.3) is 5.91 Å². The van der Waals surface area contributed by atoms with E-state index in [1.165, 1.54) is 11.6 Å². The van der Waals surface area contributed by atoms with Gasteiger partial charge in [-0.15, -0.1) is 0 Å². The number of nitrogens with one attached hydrogen (secondary N) is 1. The van der Waals surface area contributed by atoms with Crippen LogP contribution in [0.5, 0.6) is 11.5 Å². The number of anilines is 1. The minimum atomic E-state index is -0.526. The van der Waals surface area contributed by atoms with Crippen molar-refractivity contribution in [2.24, 2.45) is 0 Å². The fraction of sp³-hybridized carbons (Fsp3) is 0.185. The molecule has 7 heteroatoms. The third-order valence-electron chi connectivity index (χ3n) is 5.03. The highest BCUT2D eigenvalue weighted by atomic mass is 79.9. The molecule has 0 aromatic heterocycles. The van der Waals surface area contributed by atoms with Crippen LogP contribution in [0, 0.1) is 25.2 Å². The van der Waals surface area contributed by atoms with Crippen molar-refractivity contribution in [3.63, 3.8) is 0 Å². The zero-order valence-corrected chi connectivity index (χ0v) is 21.5. The number of nitrogens with zero attached hydrogens (tertiary/aromatic N) is 1. The summed E-state index contributed by atoms with van der Waals surface area (Å²) in [6, 6.07) is 18.8. The summed E-state index contributed by atoms with van der Waals surface area (Å²) < 4.78 is 12.5. The summed E-state index contributed by atoms with van der Waals surface area (Å²) in [7, 11) is 0. The molecule has 0 aliphatic heterocycles. The van der Waals surface area contributed by atoms with Crippen molar-refractivity contribution in [2.45, 2.75) is 27.4 Å². The topological polar surface area (TPSA) is 71.3 Å². The van der Waals surface area contributed by atoms with Gasteiger partial charge in [-0.05, 0) is 83.7 Å². The Bertz CT molecular complexity index is 1260. The second-order valence-corrected chi connectivity index (χ2v) is 8.84. The van der Waals surface area contributed by atoms with E-state index >= 15 is 0 Å². The third-order valence-corrected chi connectivity index (χ3v) is 6.03. The normalized spacial score (nSPS) is 11.0. The van der Waals surface area contributed by atoms with Crippen molar-refractivity contribution in [2.75, 3.05) is 11.9 Å². The average Bonchev–Trinajstić information content (AvgIpc) is 2.81. The van der Waals surface area contributed by atoms with Crippen molar-refractivity contribution in [1.82, 2.24) is 0 Å². The molecular weight excluding hydrogens is 516 g/mol. The SMILES string of the molecule is CCOc1cc(/C=C(\C#N)C(=O)Nc2cccc(Cl)c2C)cc(Br)c1OCc1ccc(C)cc1. The molecule has 3 aromatic carbocycles. The van der Waals surface area contributed by atoms with E-state index in [0.29, 0.717) is 45.5 Å². The first-order chi connectivity index (χ1) is 16.3. The van der Waals surface area contributed by atoms with Crippen LogP contribution < -0.4 is 14.8 Å². The number of hydrogen-bond donors (Lipinski definition) is 1. The van der Waals surface area contributed by atoms with Gasteiger partial charge in [-0.1, -0.05) is 47.5 Å². The molecule has 34 heavy (non-hydrogen) atoms. The van der Waals surface area contributed by atoms with Gasteiger partial charge in [0, 0.05) is 10.7 Å². The van der Waals surface area contributed by atoms with Crippen LogP contribution in [-0.2, 0) is 11.4 Å². The smallest absolute Gasteiger partial charge is 0.266 e. The quantitative estimate of drug-likeness (QED) is 0.242. The number of benzene rings is 3. The van der Waals surface area contributed by atoms with Crippen molar-refractivity contribution < 1.29 is 14.3 Å². The summed E-state index contributed by atoms with van der Waals surface area (Å²) in [5.74, 6) is 0.539. The Balaban J connectivity index is 1.86. The van der Waals surface area contributed by atoms with Crippen LogP contribution in [0.3, 0.4) is 0 Å². The molecule has 3 aromatic rings. The fourth-order valence-corrected chi connectivity index (χ4v) is 3.91. The summed E-state index contributed by atoms with van der Waals surface area (Å²) in [4.78, 5) is 12.7. The summed E-state index contributed by atoms with van der Waals surface area (Å²) >= 11 is 9.67. The molecule has 1 amide bonds. The van der Waals surface area contributed by atoms with Gasteiger partial charge in [-0.3, -0.25) is 4.79 Å². The molecule has 3 rings (SSSR count). The van der Waals surface area contributed by atoms with Crippen LogP contribution in [-0.4, -0.2) is 12.5 Å². The lowest BCUT2D eigenvalue weighted by molar-refractivity contribution is -0.112. The number of rotatable bonds is 8. The molecule has 0 bridgehead atoms. The highest BCUT2D eigenvalue weighted by Gasteiger charge is 2.15. The van der Waals surface area contributed by atoms with E-state index in [2.05, 4.69) is 21.2 Å². The van der Waals surface area contributed by atoms with Gasteiger partial charge >= 0.3 is 0 Å². The predicted octanol–water partition coefficient (Wildman–Crippen LogP) is 7.24. The largest absolute Gasteiger partial charge is 0.490 e. The monoisotopic (exact) mass is 538 g/mol. The summed E-state index contributed by atoms with van der Waals surface area (Å²) in [5.41, 5.74) is 4.05.